The van der Waals surface area contributed by atoms with Crippen LogP contribution in [-0.4, -0.2) is 14.9 Å². The molecule has 0 bridgehead atoms. The molecule has 10 heavy (non-hydrogen) atoms. The van der Waals surface area contributed by atoms with E-state index in [1.54, 1.807) is 10.9 Å². The number of nitrogens with zero attached hydrogens (tertiary/aromatic N) is 2. The quantitative estimate of drug-likeness (QED) is 0.618. The molecule has 1 aromatic rings. The highest BCUT2D eigenvalue weighted by atomic mass is 16.3. The van der Waals surface area contributed by atoms with E-state index < -0.39 is 5.72 Å². The van der Waals surface area contributed by atoms with Crippen LogP contribution in [0, 0.1) is 6.92 Å². The van der Waals surface area contributed by atoms with E-state index in [1.807, 2.05) is 13.1 Å². The number of aliphatic hydroxyl groups is 1. The van der Waals surface area contributed by atoms with Gasteiger partial charge in [-0.3, -0.25) is 0 Å². The fraction of sp³-hybridized carbons (Fsp3) is 0.571. The molecule has 0 saturated heterocycles. The summed E-state index contributed by atoms with van der Waals surface area (Å²) in [7, 11) is 0. The van der Waals surface area contributed by atoms with Gasteiger partial charge in [0.2, 0.25) is 0 Å². The first-order valence-corrected chi connectivity index (χ1v) is 3.45. The van der Waals surface area contributed by atoms with Crippen LogP contribution in [0.5, 0.6) is 0 Å². The highest BCUT2D eigenvalue weighted by Crippen LogP contribution is 2.39. The summed E-state index contributed by atoms with van der Waals surface area (Å²) in [5, 5.41) is 13.5. The zero-order valence-electron chi connectivity index (χ0n) is 5.91. The third-order valence-corrected chi connectivity index (χ3v) is 1.84. The summed E-state index contributed by atoms with van der Waals surface area (Å²) in [5.41, 5.74) is 0.467. The van der Waals surface area contributed by atoms with Crippen molar-refractivity contribution in [2.75, 3.05) is 0 Å². The van der Waals surface area contributed by atoms with Crippen LogP contribution in [0.4, 0.5) is 0 Å². The van der Waals surface area contributed by atoms with Crippen molar-refractivity contribution in [3.05, 3.63) is 18.0 Å². The summed E-state index contributed by atoms with van der Waals surface area (Å²) < 4.78 is 1.64. The summed E-state index contributed by atoms with van der Waals surface area (Å²) in [5.74, 6) is 0. The lowest BCUT2D eigenvalue weighted by Gasteiger charge is -2.05. The molecule has 0 radical (unpaired) electrons. The van der Waals surface area contributed by atoms with Crippen molar-refractivity contribution >= 4 is 0 Å². The molecule has 0 aromatic carbocycles. The molecule has 0 unspecified atom stereocenters. The molecule has 1 N–H and O–H groups in total. The molecule has 3 nitrogen and oxygen atoms in total. The van der Waals surface area contributed by atoms with Gasteiger partial charge in [0.25, 0.3) is 0 Å². The molecule has 0 amide bonds. The molecule has 1 fully saturated rings. The highest BCUT2D eigenvalue weighted by Gasteiger charge is 2.43. The van der Waals surface area contributed by atoms with Crippen molar-refractivity contribution in [3.63, 3.8) is 0 Å². The molecular formula is C7H10N2O. The predicted octanol–water partition coefficient (Wildman–Crippen LogP) is 0.630. The van der Waals surface area contributed by atoms with Gasteiger partial charge in [-0.2, -0.15) is 5.10 Å². The van der Waals surface area contributed by atoms with Crippen LogP contribution in [0.15, 0.2) is 12.4 Å². The molecular weight excluding hydrogens is 128 g/mol. The molecule has 3 heteroatoms. The maximum absolute atomic E-state index is 9.51. The molecule has 1 aromatic heterocycles. The number of hydrogen-bond donors (Lipinski definition) is 1. The number of rotatable bonds is 1. The fourth-order valence-corrected chi connectivity index (χ4v) is 0.981. The second-order valence-corrected chi connectivity index (χ2v) is 2.94. The highest BCUT2D eigenvalue weighted by molar-refractivity contribution is 5.03. The second-order valence-electron chi connectivity index (χ2n) is 2.94. The van der Waals surface area contributed by atoms with Crippen molar-refractivity contribution in [3.8, 4) is 0 Å². The summed E-state index contributed by atoms with van der Waals surface area (Å²) in [6.07, 6.45) is 5.31. The lowest BCUT2D eigenvalue weighted by Crippen LogP contribution is -2.15. The number of aromatic nitrogens is 2. The van der Waals surface area contributed by atoms with Gasteiger partial charge in [0.1, 0.15) is 0 Å². The minimum Gasteiger partial charge on any atom is -0.369 e. The van der Waals surface area contributed by atoms with Gasteiger partial charge in [-0.1, -0.05) is 0 Å². The maximum atomic E-state index is 9.51. The van der Waals surface area contributed by atoms with Crippen LogP contribution >= 0.6 is 0 Å². The van der Waals surface area contributed by atoms with Gasteiger partial charge in [0, 0.05) is 19.0 Å². The van der Waals surface area contributed by atoms with E-state index in [0.29, 0.717) is 0 Å². The zero-order chi connectivity index (χ0) is 7.19. The Balaban J connectivity index is 2.34. The molecule has 0 aliphatic heterocycles. The van der Waals surface area contributed by atoms with Gasteiger partial charge < -0.3 is 5.11 Å². The lowest BCUT2D eigenvalue weighted by atomic mass is 10.4. The Morgan fingerprint density at radius 2 is 2.40 bits per heavy atom. The maximum Gasteiger partial charge on any atom is 0.158 e. The molecule has 0 atom stereocenters. The molecule has 2 rings (SSSR count). The lowest BCUT2D eigenvalue weighted by molar-refractivity contribution is 0.0601. The standard InChI is InChI=1S/C7H10N2O/c1-6-4-8-9(5-6)7(10)2-3-7/h4-5,10H,2-3H2,1H3. The summed E-state index contributed by atoms with van der Waals surface area (Å²) in [4.78, 5) is 0. The summed E-state index contributed by atoms with van der Waals surface area (Å²) in [6, 6.07) is 0. The summed E-state index contributed by atoms with van der Waals surface area (Å²) in [6.45, 7) is 1.97. The molecule has 1 heterocycles. The average molecular weight is 138 g/mol. The van der Waals surface area contributed by atoms with Crippen LogP contribution in [0.2, 0.25) is 0 Å². The van der Waals surface area contributed by atoms with Gasteiger partial charge >= 0.3 is 0 Å². The summed E-state index contributed by atoms with van der Waals surface area (Å²) >= 11 is 0. The Hall–Kier alpha value is -0.830. The molecule has 1 saturated carbocycles. The first-order chi connectivity index (χ1) is 4.71. The molecule has 1 aliphatic rings. The van der Waals surface area contributed by atoms with Crippen molar-refractivity contribution in [2.45, 2.75) is 25.5 Å². The van der Waals surface area contributed by atoms with E-state index in [4.69, 9.17) is 0 Å². The average Bonchev–Trinajstić information content (AvgIpc) is 2.45. The largest absolute Gasteiger partial charge is 0.369 e. The van der Waals surface area contributed by atoms with Gasteiger partial charge in [-0.05, 0) is 12.5 Å². The van der Waals surface area contributed by atoms with E-state index >= 15 is 0 Å². The topological polar surface area (TPSA) is 38.0 Å². The van der Waals surface area contributed by atoms with Crippen molar-refractivity contribution < 1.29 is 5.11 Å². The smallest absolute Gasteiger partial charge is 0.158 e. The third-order valence-electron chi connectivity index (χ3n) is 1.84. The van der Waals surface area contributed by atoms with E-state index in [1.165, 1.54) is 0 Å². The van der Waals surface area contributed by atoms with Gasteiger partial charge in [0.15, 0.2) is 5.72 Å². The normalized spacial score (nSPS) is 21.0. The van der Waals surface area contributed by atoms with Crippen LogP contribution < -0.4 is 0 Å². The van der Waals surface area contributed by atoms with Crippen LogP contribution in [0.25, 0.3) is 0 Å². The Bertz CT molecular complexity index is 250. The number of aryl methyl sites for hydroxylation is 1. The third kappa shape index (κ3) is 0.743. The predicted molar refractivity (Wildman–Crippen MR) is 36.4 cm³/mol. The molecule has 1 aliphatic carbocycles. The van der Waals surface area contributed by atoms with Gasteiger partial charge in [-0.15, -0.1) is 0 Å². The molecule has 0 spiro atoms. The monoisotopic (exact) mass is 138 g/mol. The Morgan fingerprint density at radius 1 is 1.70 bits per heavy atom. The minimum atomic E-state index is -0.631. The van der Waals surface area contributed by atoms with Gasteiger partial charge in [0.05, 0.1) is 6.20 Å². The first kappa shape index (κ1) is 5.92. The zero-order valence-corrected chi connectivity index (χ0v) is 5.91. The van der Waals surface area contributed by atoms with Crippen molar-refractivity contribution in [1.82, 2.24) is 9.78 Å². The first-order valence-electron chi connectivity index (χ1n) is 3.45. The minimum absolute atomic E-state index is 0.631. The second kappa shape index (κ2) is 1.61. The van der Waals surface area contributed by atoms with Crippen LogP contribution in [-0.2, 0) is 5.72 Å². The van der Waals surface area contributed by atoms with E-state index in [-0.39, 0.29) is 0 Å². The fourth-order valence-electron chi connectivity index (χ4n) is 0.981. The van der Waals surface area contributed by atoms with E-state index in [0.717, 1.165) is 18.4 Å². The van der Waals surface area contributed by atoms with Crippen LogP contribution in [0.1, 0.15) is 18.4 Å². The van der Waals surface area contributed by atoms with E-state index in [2.05, 4.69) is 5.10 Å². The Labute approximate surface area is 59.3 Å². The Kier molecular flexibility index (Phi) is 0.951. The van der Waals surface area contributed by atoms with E-state index in [9.17, 15) is 5.11 Å². The Morgan fingerprint density at radius 3 is 2.80 bits per heavy atom. The van der Waals surface area contributed by atoms with Crippen molar-refractivity contribution in [2.24, 2.45) is 0 Å². The molecule has 54 valence electrons. The van der Waals surface area contributed by atoms with Crippen molar-refractivity contribution in [1.29, 1.82) is 0 Å². The van der Waals surface area contributed by atoms with Gasteiger partial charge in [-0.25, -0.2) is 4.68 Å². The SMILES string of the molecule is Cc1cnn(C2(O)CC2)c1. The number of hydrogen-bond acceptors (Lipinski definition) is 2. The van der Waals surface area contributed by atoms with Crippen LogP contribution in [0.3, 0.4) is 0 Å².